The standard InChI is InChI=1S/C23H33ClN4O3S/c1-14(2)13-23(9-7-17(31-4)8-10-23)27-18-6-5-16(15(3)11-20(29)30)12-19(18)25-22-26-21(24)28-32-22/h5-6,12,14-15,17,27H,7-11,13H2,1-4H3,(H,29,30)(H,25,26,28)/t15-,17?,23?/m1/s1. The number of methoxy groups -OCH3 is 1. The first-order valence-electron chi connectivity index (χ1n) is 11.1. The lowest BCUT2D eigenvalue weighted by Gasteiger charge is -2.43. The molecular formula is C23H33ClN4O3S. The van der Waals surface area contributed by atoms with Crippen molar-refractivity contribution in [1.29, 1.82) is 0 Å². The Morgan fingerprint density at radius 2 is 2.03 bits per heavy atom. The van der Waals surface area contributed by atoms with E-state index >= 15 is 0 Å². The van der Waals surface area contributed by atoms with Gasteiger partial charge in [-0.2, -0.15) is 9.36 Å². The number of hydrogen-bond donors (Lipinski definition) is 3. The average Bonchev–Trinajstić information content (AvgIpc) is 3.13. The Morgan fingerprint density at radius 3 is 2.59 bits per heavy atom. The monoisotopic (exact) mass is 480 g/mol. The summed E-state index contributed by atoms with van der Waals surface area (Å²) in [6, 6.07) is 6.07. The Labute approximate surface area is 199 Å². The highest BCUT2D eigenvalue weighted by Crippen LogP contribution is 2.40. The molecule has 0 spiro atoms. The minimum atomic E-state index is -0.809. The van der Waals surface area contributed by atoms with E-state index in [1.54, 1.807) is 7.11 Å². The summed E-state index contributed by atoms with van der Waals surface area (Å²) >= 11 is 7.12. The van der Waals surface area contributed by atoms with E-state index in [4.69, 9.17) is 16.3 Å². The number of nitrogens with zero attached hydrogens (tertiary/aromatic N) is 2. The van der Waals surface area contributed by atoms with Gasteiger partial charge in [-0.05, 0) is 73.2 Å². The molecule has 0 aliphatic heterocycles. The predicted molar refractivity (Wildman–Crippen MR) is 130 cm³/mol. The van der Waals surface area contributed by atoms with Crippen LogP contribution in [-0.4, -0.2) is 39.2 Å². The Bertz CT molecular complexity index is 912. The number of aromatic nitrogens is 2. The molecule has 0 bridgehead atoms. The van der Waals surface area contributed by atoms with Crippen molar-refractivity contribution in [2.75, 3.05) is 17.7 Å². The van der Waals surface area contributed by atoms with Crippen LogP contribution in [0.4, 0.5) is 16.5 Å². The molecule has 2 aromatic rings. The molecule has 0 unspecified atom stereocenters. The molecule has 1 saturated carbocycles. The third kappa shape index (κ3) is 6.56. The second kappa shape index (κ2) is 10.8. The van der Waals surface area contributed by atoms with Crippen molar-refractivity contribution in [2.45, 2.75) is 76.9 Å². The molecule has 9 heteroatoms. The molecule has 0 amide bonds. The van der Waals surface area contributed by atoms with Crippen LogP contribution >= 0.6 is 23.1 Å². The third-order valence-electron chi connectivity index (χ3n) is 6.16. The van der Waals surface area contributed by atoms with Crippen molar-refractivity contribution in [2.24, 2.45) is 5.92 Å². The average molecular weight is 481 g/mol. The minimum Gasteiger partial charge on any atom is -0.481 e. The maximum Gasteiger partial charge on any atom is 0.303 e. The molecule has 0 saturated heterocycles. The van der Waals surface area contributed by atoms with Gasteiger partial charge in [-0.25, -0.2) is 0 Å². The van der Waals surface area contributed by atoms with E-state index < -0.39 is 5.97 Å². The van der Waals surface area contributed by atoms with Crippen LogP contribution in [0.15, 0.2) is 18.2 Å². The van der Waals surface area contributed by atoms with Gasteiger partial charge in [0, 0.05) is 24.2 Å². The summed E-state index contributed by atoms with van der Waals surface area (Å²) in [5, 5.41) is 17.2. The Balaban J connectivity index is 1.92. The van der Waals surface area contributed by atoms with Crippen molar-refractivity contribution in [1.82, 2.24) is 9.36 Å². The fourth-order valence-corrected chi connectivity index (χ4v) is 5.38. The highest BCUT2D eigenvalue weighted by molar-refractivity contribution is 7.10. The number of carbonyl (C=O) groups is 1. The molecule has 1 aromatic heterocycles. The number of nitrogens with one attached hydrogen (secondary N) is 2. The topological polar surface area (TPSA) is 96.4 Å². The van der Waals surface area contributed by atoms with Crippen molar-refractivity contribution in [3.63, 3.8) is 0 Å². The first kappa shape index (κ1) is 24.7. The molecule has 3 N–H and O–H groups in total. The van der Waals surface area contributed by atoms with Gasteiger partial charge >= 0.3 is 5.97 Å². The number of anilines is 3. The molecule has 1 aliphatic carbocycles. The van der Waals surface area contributed by atoms with Crippen LogP contribution in [0.5, 0.6) is 0 Å². The highest BCUT2D eigenvalue weighted by atomic mass is 35.5. The van der Waals surface area contributed by atoms with Gasteiger partial charge in [-0.15, -0.1) is 0 Å². The van der Waals surface area contributed by atoms with Crippen LogP contribution < -0.4 is 10.6 Å². The molecule has 1 heterocycles. The summed E-state index contributed by atoms with van der Waals surface area (Å²) in [4.78, 5) is 15.4. The predicted octanol–water partition coefficient (Wildman–Crippen LogP) is 6.30. The number of aliphatic carboxylic acids is 1. The molecule has 1 aromatic carbocycles. The lowest BCUT2D eigenvalue weighted by molar-refractivity contribution is -0.137. The van der Waals surface area contributed by atoms with Gasteiger partial charge in [0.15, 0.2) is 0 Å². The fourth-order valence-electron chi connectivity index (χ4n) is 4.66. The molecule has 0 radical (unpaired) electrons. The van der Waals surface area contributed by atoms with Crippen LogP contribution in [0.25, 0.3) is 0 Å². The van der Waals surface area contributed by atoms with Crippen LogP contribution in [-0.2, 0) is 9.53 Å². The minimum absolute atomic E-state index is 0.0212. The highest BCUT2D eigenvalue weighted by Gasteiger charge is 2.36. The third-order valence-corrected chi connectivity index (χ3v) is 7.06. The number of benzene rings is 1. The first-order chi connectivity index (χ1) is 15.2. The summed E-state index contributed by atoms with van der Waals surface area (Å²) in [5.41, 5.74) is 2.76. The van der Waals surface area contributed by atoms with Crippen LogP contribution in [0.1, 0.15) is 70.8 Å². The van der Waals surface area contributed by atoms with E-state index in [0.29, 0.717) is 17.2 Å². The maximum absolute atomic E-state index is 11.2. The zero-order valence-electron chi connectivity index (χ0n) is 19.2. The summed E-state index contributed by atoms with van der Waals surface area (Å²) in [6.45, 7) is 6.43. The van der Waals surface area contributed by atoms with E-state index in [1.807, 2.05) is 25.1 Å². The summed E-state index contributed by atoms with van der Waals surface area (Å²) in [5.74, 6) is -0.368. The molecule has 1 fully saturated rings. The zero-order chi connectivity index (χ0) is 23.3. The molecule has 3 rings (SSSR count). The van der Waals surface area contributed by atoms with E-state index in [9.17, 15) is 9.90 Å². The maximum atomic E-state index is 11.2. The van der Waals surface area contributed by atoms with Crippen molar-refractivity contribution in [3.8, 4) is 0 Å². The number of hydrogen-bond acceptors (Lipinski definition) is 7. The first-order valence-corrected chi connectivity index (χ1v) is 12.3. The van der Waals surface area contributed by atoms with Crippen molar-refractivity contribution in [3.05, 3.63) is 29.0 Å². The molecule has 32 heavy (non-hydrogen) atoms. The Morgan fingerprint density at radius 1 is 1.31 bits per heavy atom. The van der Waals surface area contributed by atoms with Crippen LogP contribution in [0, 0.1) is 5.92 Å². The summed E-state index contributed by atoms with van der Waals surface area (Å²) in [6.07, 6.45) is 5.57. The van der Waals surface area contributed by atoms with Gasteiger partial charge in [-0.3, -0.25) is 4.79 Å². The molecule has 1 aliphatic rings. The normalized spacial score (nSPS) is 22.0. The Hall–Kier alpha value is -1.90. The quantitative estimate of drug-likeness (QED) is 0.367. The number of rotatable bonds is 10. The molecule has 1 atom stereocenters. The van der Waals surface area contributed by atoms with Gasteiger partial charge in [0.1, 0.15) is 0 Å². The second-order valence-electron chi connectivity index (χ2n) is 9.24. The molecule has 7 nitrogen and oxygen atoms in total. The van der Waals surface area contributed by atoms with Gasteiger partial charge in [0.2, 0.25) is 10.4 Å². The lowest BCUT2D eigenvalue weighted by atomic mass is 9.75. The summed E-state index contributed by atoms with van der Waals surface area (Å²) in [7, 11) is 1.79. The number of carboxylic acid groups (broad SMARTS) is 1. The lowest BCUT2D eigenvalue weighted by Crippen LogP contribution is -2.44. The Kier molecular flexibility index (Phi) is 8.36. The SMILES string of the molecule is COC1CCC(CC(C)C)(Nc2ccc([C@H](C)CC(=O)O)cc2Nc2nc(Cl)ns2)CC1. The number of halogens is 1. The number of ether oxygens (including phenoxy) is 1. The van der Waals surface area contributed by atoms with Crippen LogP contribution in [0.3, 0.4) is 0 Å². The van der Waals surface area contributed by atoms with Gasteiger partial charge < -0.3 is 20.5 Å². The van der Waals surface area contributed by atoms with Crippen molar-refractivity contribution < 1.29 is 14.6 Å². The zero-order valence-corrected chi connectivity index (χ0v) is 20.7. The van der Waals surface area contributed by atoms with E-state index in [1.165, 1.54) is 11.5 Å². The smallest absolute Gasteiger partial charge is 0.303 e. The fraction of sp³-hybridized carbons (Fsp3) is 0.609. The van der Waals surface area contributed by atoms with Gasteiger partial charge in [0.05, 0.1) is 23.9 Å². The second-order valence-corrected chi connectivity index (χ2v) is 10.3. The van der Waals surface area contributed by atoms with E-state index in [0.717, 1.165) is 49.0 Å². The van der Waals surface area contributed by atoms with E-state index in [-0.39, 0.29) is 23.2 Å². The summed E-state index contributed by atoms with van der Waals surface area (Å²) < 4.78 is 9.65. The van der Waals surface area contributed by atoms with Crippen molar-refractivity contribution >= 4 is 45.6 Å². The molecular weight excluding hydrogens is 448 g/mol. The number of carboxylic acids is 1. The van der Waals surface area contributed by atoms with E-state index in [2.05, 4.69) is 33.8 Å². The molecule has 176 valence electrons. The van der Waals surface area contributed by atoms with Gasteiger partial charge in [0.25, 0.3) is 0 Å². The van der Waals surface area contributed by atoms with Crippen LogP contribution in [0.2, 0.25) is 5.28 Å². The van der Waals surface area contributed by atoms with Gasteiger partial charge in [-0.1, -0.05) is 26.8 Å². The largest absolute Gasteiger partial charge is 0.481 e.